The Balaban J connectivity index is 1.75. The number of halogens is 1. The van der Waals surface area contributed by atoms with Gasteiger partial charge in [0.1, 0.15) is 19.3 Å². The summed E-state index contributed by atoms with van der Waals surface area (Å²) in [7, 11) is -3.62. The molecular formula is C27H36BrN3O6S. The second-order valence-corrected chi connectivity index (χ2v) is 13.2. The van der Waals surface area contributed by atoms with Gasteiger partial charge in [-0.15, -0.1) is 0 Å². The molecule has 1 N–H and O–H groups in total. The van der Waals surface area contributed by atoms with Crippen molar-refractivity contribution in [1.82, 2.24) is 10.2 Å². The molecule has 0 fully saturated rings. The number of nitrogens with zero attached hydrogens (tertiary/aromatic N) is 2. The molecule has 0 radical (unpaired) electrons. The first-order valence-electron chi connectivity index (χ1n) is 12.5. The van der Waals surface area contributed by atoms with E-state index in [9.17, 15) is 18.0 Å². The van der Waals surface area contributed by atoms with Crippen molar-refractivity contribution in [2.24, 2.45) is 0 Å². The van der Waals surface area contributed by atoms with Gasteiger partial charge in [0.25, 0.3) is 0 Å². The second kappa shape index (κ2) is 12.4. The molecule has 3 rings (SSSR count). The molecule has 2 aromatic rings. The van der Waals surface area contributed by atoms with Crippen molar-refractivity contribution < 1.29 is 27.5 Å². The molecule has 1 aliphatic heterocycles. The largest absolute Gasteiger partial charge is 0.486 e. The molecule has 1 aliphatic rings. The molecule has 11 heteroatoms. The van der Waals surface area contributed by atoms with Crippen molar-refractivity contribution in [2.45, 2.75) is 58.7 Å². The first-order chi connectivity index (χ1) is 17.7. The van der Waals surface area contributed by atoms with Crippen LogP contribution in [0.2, 0.25) is 0 Å². The Hall–Kier alpha value is -2.79. The highest BCUT2D eigenvalue weighted by Gasteiger charge is 2.29. The highest BCUT2D eigenvalue weighted by atomic mass is 79.9. The highest BCUT2D eigenvalue weighted by molar-refractivity contribution is 9.10. The number of fused-ring (bicyclic) bond motifs is 1. The number of hydrogen-bond donors (Lipinski definition) is 1. The molecule has 1 atom stereocenters. The molecule has 0 saturated heterocycles. The van der Waals surface area contributed by atoms with Gasteiger partial charge in [-0.2, -0.15) is 0 Å². The Bertz CT molecular complexity index is 1260. The van der Waals surface area contributed by atoms with Crippen LogP contribution in [0.4, 0.5) is 5.69 Å². The molecule has 0 spiro atoms. The molecule has 2 amide bonds. The van der Waals surface area contributed by atoms with Crippen LogP contribution in [-0.4, -0.2) is 62.7 Å². The predicted octanol–water partition coefficient (Wildman–Crippen LogP) is 4.10. The highest BCUT2D eigenvalue weighted by Crippen LogP contribution is 2.34. The van der Waals surface area contributed by atoms with Crippen LogP contribution in [0.1, 0.15) is 46.1 Å². The molecule has 38 heavy (non-hydrogen) atoms. The zero-order valence-corrected chi connectivity index (χ0v) is 24.9. The molecule has 0 saturated carbocycles. The number of sulfonamides is 1. The number of anilines is 1. The minimum Gasteiger partial charge on any atom is -0.486 e. The predicted molar refractivity (Wildman–Crippen MR) is 151 cm³/mol. The maximum atomic E-state index is 13.4. The van der Waals surface area contributed by atoms with E-state index in [4.69, 9.17) is 9.47 Å². The summed E-state index contributed by atoms with van der Waals surface area (Å²) >= 11 is 3.45. The lowest BCUT2D eigenvalue weighted by Gasteiger charge is -2.32. The van der Waals surface area contributed by atoms with E-state index in [0.29, 0.717) is 30.4 Å². The Kier molecular flexibility index (Phi) is 9.69. The van der Waals surface area contributed by atoms with E-state index in [1.807, 2.05) is 45.0 Å². The number of ether oxygens (including phenoxy) is 2. The van der Waals surface area contributed by atoms with E-state index < -0.39 is 21.6 Å². The van der Waals surface area contributed by atoms with Gasteiger partial charge in [0.05, 0.1) is 11.9 Å². The van der Waals surface area contributed by atoms with Crippen LogP contribution < -0.4 is 19.1 Å². The van der Waals surface area contributed by atoms with Gasteiger partial charge in [-0.1, -0.05) is 28.1 Å². The van der Waals surface area contributed by atoms with Gasteiger partial charge in [0.2, 0.25) is 21.8 Å². The van der Waals surface area contributed by atoms with Gasteiger partial charge in [0, 0.05) is 35.6 Å². The Morgan fingerprint density at radius 3 is 2.39 bits per heavy atom. The van der Waals surface area contributed by atoms with Crippen molar-refractivity contribution in [3.63, 3.8) is 0 Å². The zero-order chi connectivity index (χ0) is 28.1. The van der Waals surface area contributed by atoms with Crippen molar-refractivity contribution in [2.75, 3.05) is 30.3 Å². The maximum absolute atomic E-state index is 13.4. The van der Waals surface area contributed by atoms with Crippen molar-refractivity contribution in [1.29, 1.82) is 0 Å². The SMILES string of the molecule is C[C@H](C(=O)NC(C)(C)C)N(Cc1cccc(Br)c1)C(=O)CCCN(c1ccc2c(c1)OCCO2)S(C)(=O)=O. The lowest BCUT2D eigenvalue weighted by Crippen LogP contribution is -2.52. The topological polar surface area (TPSA) is 105 Å². The third-order valence-electron chi connectivity index (χ3n) is 5.87. The fourth-order valence-electron chi connectivity index (χ4n) is 4.08. The molecule has 0 aliphatic carbocycles. The van der Waals surface area contributed by atoms with Gasteiger partial charge in [-0.3, -0.25) is 13.9 Å². The molecule has 0 aromatic heterocycles. The van der Waals surface area contributed by atoms with E-state index in [1.54, 1.807) is 25.1 Å². The normalized spacial score (nSPS) is 13.9. The summed E-state index contributed by atoms with van der Waals surface area (Å²) in [5.74, 6) is 0.554. The van der Waals surface area contributed by atoms with Crippen LogP contribution in [0.5, 0.6) is 11.5 Å². The van der Waals surface area contributed by atoms with Crippen LogP contribution in [0.3, 0.4) is 0 Å². The fourth-order valence-corrected chi connectivity index (χ4v) is 5.48. The maximum Gasteiger partial charge on any atom is 0.242 e. The number of carbonyl (C=O) groups excluding carboxylic acids is 2. The summed E-state index contributed by atoms with van der Waals surface area (Å²) in [5, 5.41) is 2.94. The summed E-state index contributed by atoms with van der Waals surface area (Å²) < 4.78 is 38.5. The monoisotopic (exact) mass is 609 g/mol. The summed E-state index contributed by atoms with van der Waals surface area (Å²) in [6.07, 6.45) is 1.46. The Morgan fingerprint density at radius 2 is 1.76 bits per heavy atom. The number of rotatable bonds is 10. The van der Waals surface area contributed by atoms with Crippen molar-refractivity contribution >= 4 is 43.5 Å². The number of carbonyl (C=O) groups is 2. The number of benzene rings is 2. The quantitative estimate of drug-likeness (QED) is 0.435. The van der Waals surface area contributed by atoms with E-state index in [-0.39, 0.29) is 37.7 Å². The zero-order valence-electron chi connectivity index (χ0n) is 22.5. The van der Waals surface area contributed by atoms with Crippen LogP contribution >= 0.6 is 15.9 Å². The smallest absolute Gasteiger partial charge is 0.242 e. The van der Waals surface area contributed by atoms with Gasteiger partial charge in [-0.25, -0.2) is 8.42 Å². The lowest BCUT2D eigenvalue weighted by atomic mass is 10.1. The van der Waals surface area contributed by atoms with Crippen molar-refractivity contribution in [3.8, 4) is 11.5 Å². The fraction of sp³-hybridized carbons (Fsp3) is 0.481. The third-order valence-corrected chi connectivity index (χ3v) is 7.56. The molecular weight excluding hydrogens is 574 g/mol. The molecule has 1 heterocycles. The Labute approximate surface area is 233 Å². The number of hydrogen-bond acceptors (Lipinski definition) is 6. The van der Waals surface area contributed by atoms with Gasteiger partial charge >= 0.3 is 0 Å². The third kappa shape index (κ3) is 8.36. The first kappa shape index (κ1) is 29.8. The van der Waals surface area contributed by atoms with E-state index >= 15 is 0 Å². The summed E-state index contributed by atoms with van der Waals surface area (Å²) in [6.45, 7) is 8.52. The summed E-state index contributed by atoms with van der Waals surface area (Å²) in [5.41, 5.74) is 0.861. The average molecular weight is 611 g/mol. The molecule has 208 valence electrons. The average Bonchev–Trinajstić information content (AvgIpc) is 2.82. The first-order valence-corrected chi connectivity index (χ1v) is 15.1. The standard InChI is InChI=1S/C27H36BrN3O6S/c1-19(26(33)29-27(2,3)4)30(18-20-8-6-9-21(28)16-20)25(32)10-7-13-31(38(5,34)35)22-11-12-23-24(17-22)37-15-14-36-23/h6,8-9,11-12,16-17,19H,7,10,13-15,18H2,1-5H3,(H,29,33)/t19-/m1/s1. The molecule has 0 unspecified atom stereocenters. The number of amides is 2. The minimum atomic E-state index is -3.62. The second-order valence-electron chi connectivity index (χ2n) is 10.3. The van der Waals surface area contributed by atoms with Crippen molar-refractivity contribution in [3.05, 3.63) is 52.5 Å². The van der Waals surface area contributed by atoms with Gasteiger partial charge in [0.15, 0.2) is 11.5 Å². The van der Waals surface area contributed by atoms with E-state index in [2.05, 4.69) is 21.2 Å². The summed E-state index contributed by atoms with van der Waals surface area (Å²) in [4.78, 5) is 27.9. The van der Waals surface area contributed by atoms with Crippen LogP contribution in [0, 0.1) is 0 Å². The number of nitrogens with one attached hydrogen (secondary N) is 1. The molecule has 9 nitrogen and oxygen atoms in total. The minimum absolute atomic E-state index is 0.0672. The lowest BCUT2D eigenvalue weighted by molar-refractivity contribution is -0.141. The summed E-state index contributed by atoms with van der Waals surface area (Å²) in [6, 6.07) is 11.8. The molecule has 2 aromatic carbocycles. The van der Waals surface area contributed by atoms with E-state index in [1.165, 1.54) is 9.21 Å². The van der Waals surface area contributed by atoms with E-state index in [0.717, 1.165) is 16.3 Å². The van der Waals surface area contributed by atoms with Crippen LogP contribution in [0.25, 0.3) is 0 Å². The van der Waals surface area contributed by atoms with Gasteiger partial charge < -0.3 is 19.7 Å². The molecule has 0 bridgehead atoms. The van der Waals surface area contributed by atoms with Crippen LogP contribution in [0.15, 0.2) is 46.9 Å². The van der Waals surface area contributed by atoms with Gasteiger partial charge in [-0.05, 0) is 63.9 Å². The van der Waals surface area contributed by atoms with Crippen LogP contribution in [-0.2, 0) is 26.2 Å². The Morgan fingerprint density at radius 1 is 1.08 bits per heavy atom.